The van der Waals surface area contributed by atoms with Crippen LogP contribution in [0.2, 0.25) is 0 Å². The molecule has 86 valence electrons. The first-order chi connectivity index (χ1) is 7.74. The molecule has 1 saturated heterocycles. The summed E-state index contributed by atoms with van der Waals surface area (Å²) in [7, 11) is 1.89. The maximum absolute atomic E-state index is 11.7. The number of carbonyl (C=O) groups excluding carboxylic acids is 1. The van der Waals surface area contributed by atoms with E-state index in [2.05, 4.69) is 0 Å². The summed E-state index contributed by atoms with van der Waals surface area (Å²) in [4.78, 5) is 11.7. The number of hydrogen-bond donors (Lipinski definition) is 1. The summed E-state index contributed by atoms with van der Waals surface area (Å²) in [6.45, 7) is 0.371. The molecule has 0 radical (unpaired) electrons. The monoisotopic (exact) mass is 220 g/mol. The zero-order valence-corrected chi connectivity index (χ0v) is 9.34. The third-order valence-corrected chi connectivity index (χ3v) is 2.98. The zero-order valence-electron chi connectivity index (χ0n) is 9.34. The normalized spacial score (nSPS) is 21.8. The van der Waals surface area contributed by atoms with Crippen LogP contribution in [0.25, 0.3) is 0 Å². The van der Waals surface area contributed by atoms with Gasteiger partial charge in [0, 0.05) is 13.5 Å². The van der Waals surface area contributed by atoms with Gasteiger partial charge in [-0.1, -0.05) is 30.3 Å². The molecule has 0 spiro atoms. The van der Waals surface area contributed by atoms with Crippen molar-refractivity contribution >= 4 is 5.91 Å². The molecule has 1 fully saturated rings. The van der Waals surface area contributed by atoms with E-state index < -0.39 is 0 Å². The van der Waals surface area contributed by atoms with E-state index in [4.69, 9.17) is 5.11 Å². The van der Waals surface area contributed by atoms with Gasteiger partial charge in [0.2, 0.25) is 5.91 Å². The number of hydrogen-bond acceptors (Lipinski definition) is 3. The Morgan fingerprint density at radius 3 is 2.69 bits per heavy atom. The second-order valence-electron chi connectivity index (χ2n) is 3.94. The quantitative estimate of drug-likeness (QED) is 0.819. The average molecular weight is 220 g/mol. The Morgan fingerprint density at radius 2 is 2.06 bits per heavy atom. The van der Waals surface area contributed by atoms with Gasteiger partial charge in [-0.2, -0.15) is 0 Å². The third-order valence-electron chi connectivity index (χ3n) is 2.98. The minimum Gasteiger partial charge on any atom is -0.394 e. The predicted molar refractivity (Wildman–Crippen MR) is 60.4 cm³/mol. The summed E-state index contributed by atoms with van der Waals surface area (Å²) in [5.41, 5.74) is 1.14. The first-order valence-electron chi connectivity index (χ1n) is 5.43. The van der Waals surface area contributed by atoms with Crippen LogP contribution in [0, 0.1) is 0 Å². The molecule has 1 heterocycles. The van der Waals surface area contributed by atoms with Gasteiger partial charge in [-0.05, 0) is 5.56 Å². The van der Waals surface area contributed by atoms with Crippen molar-refractivity contribution in [1.82, 2.24) is 10.0 Å². The molecule has 1 aromatic rings. The van der Waals surface area contributed by atoms with Gasteiger partial charge < -0.3 is 5.11 Å². The van der Waals surface area contributed by atoms with Crippen molar-refractivity contribution in [2.75, 3.05) is 20.2 Å². The molecule has 0 saturated carbocycles. The van der Waals surface area contributed by atoms with Crippen molar-refractivity contribution in [3.05, 3.63) is 35.9 Å². The molecule has 1 aliphatic rings. The largest absolute Gasteiger partial charge is 0.394 e. The number of benzene rings is 1. The van der Waals surface area contributed by atoms with Crippen molar-refractivity contribution in [3.8, 4) is 0 Å². The molecular formula is C12H16N2O2. The van der Waals surface area contributed by atoms with Crippen LogP contribution in [0.15, 0.2) is 30.3 Å². The van der Waals surface area contributed by atoms with E-state index >= 15 is 0 Å². The summed E-state index contributed by atoms with van der Waals surface area (Å²) in [5, 5.41) is 12.4. The summed E-state index contributed by atoms with van der Waals surface area (Å²) >= 11 is 0. The highest BCUT2D eigenvalue weighted by molar-refractivity contribution is 5.78. The second kappa shape index (κ2) is 4.63. The molecule has 1 amide bonds. The van der Waals surface area contributed by atoms with Crippen molar-refractivity contribution in [2.45, 2.75) is 12.5 Å². The first kappa shape index (κ1) is 11.1. The molecule has 2 rings (SSSR count). The van der Waals surface area contributed by atoms with Gasteiger partial charge in [0.05, 0.1) is 19.2 Å². The maximum Gasteiger partial charge on any atom is 0.238 e. The topological polar surface area (TPSA) is 43.8 Å². The second-order valence-corrected chi connectivity index (χ2v) is 3.94. The lowest BCUT2D eigenvalue weighted by molar-refractivity contribution is -0.138. The Bertz CT molecular complexity index is 367. The fraction of sp³-hybridized carbons (Fsp3) is 0.417. The smallest absolute Gasteiger partial charge is 0.238 e. The van der Waals surface area contributed by atoms with Gasteiger partial charge in [-0.15, -0.1) is 0 Å². The van der Waals surface area contributed by atoms with E-state index in [0.717, 1.165) is 5.56 Å². The Hall–Kier alpha value is -1.39. The fourth-order valence-electron chi connectivity index (χ4n) is 2.13. The van der Waals surface area contributed by atoms with Crippen LogP contribution in [-0.2, 0) is 4.79 Å². The van der Waals surface area contributed by atoms with Crippen molar-refractivity contribution in [1.29, 1.82) is 0 Å². The molecule has 0 aromatic heterocycles. The van der Waals surface area contributed by atoms with E-state index in [1.165, 1.54) is 0 Å². The summed E-state index contributed by atoms with van der Waals surface area (Å²) in [5.74, 6) is 0.0744. The van der Waals surface area contributed by atoms with Crippen LogP contribution in [0.3, 0.4) is 0 Å². The number of carbonyl (C=O) groups is 1. The van der Waals surface area contributed by atoms with Crippen molar-refractivity contribution in [2.24, 2.45) is 0 Å². The number of nitrogens with zero attached hydrogens (tertiary/aromatic N) is 2. The highest BCUT2D eigenvalue weighted by Crippen LogP contribution is 2.30. The Labute approximate surface area is 95.1 Å². The van der Waals surface area contributed by atoms with Gasteiger partial charge in [-0.25, -0.2) is 5.01 Å². The van der Waals surface area contributed by atoms with Crippen LogP contribution >= 0.6 is 0 Å². The van der Waals surface area contributed by atoms with Gasteiger partial charge in [0.25, 0.3) is 0 Å². The minimum atomic E-state index is -0.00239. The first-order valence-corrected chi connectivity index (χ1v) is 5.43. The van der Waals surface area contributed by atoms with Gasteiger partial charge >= 0.3 is 0 Å². The van der Waals surface area contributed by atoms with E-state index in [1.807, 2.05) is 42.4 Å². The average Bonchev–Trinajstić information content (AvgIpc) is 2.59. The lowest BCUT2D eigenvalue weighted by Gasteiger charge is -2.27. The van der Waals surface area contributed by atoms with E-state index in [1.54, 1.807) is 5.01 Å². The number of β-amino-alcohol motifs (C(OH)–C–C–N with tert-alkyl or cyclic N) is 1. The summed E-state index contributed by atoms with van der Waals surface area (Å²) in [6.07, 6.45) is 0.487. The number of rotatable bonds is 3. The van der Waals surface area contributed by atoms with E-state index in [9.17, 15) is 4.79 Å². The molecular weight excluding hydrogens is 204 g/mol. The lowest BCUT2D eigenvalue weighted by atomic mass is 10.1. The molecule has 16 heavy (non-hydrogen) atoms. The molecule has 0 aliphatic carbocycles. The van der Waals surface area contributed by atoms with Crippen molar-refractivity contribution < 1.29 is 9.90 Å². The highest BCUT2D eigenvalue weighted by Gasteiger charge is 2.35. The van der Waals surface area contributed by atoms with Gasteiger partial charge in [0.15, 0.2) is 0 Å². The molecule has 4 heteroatoms. The number of hydrazine groups is 1. The van der Waals surface area contributed by atoms with Gasteiger partial charge in [-0.3, -0.25) is 9.80 Å². The molecule has 0 bridgehead atoms. The number of amides is 1. The van der Waals surface area contributed by atoms with Crippen LogP contribution in [-0.4, -0.2) is 41.2 Å². The van der Waals surface area contributed by atoms with Crippen molar-refractivity contribution in [3.63, 3.8) is 0 Å². The molecule has 1 aliphatic heterocycles. The Balaban J connectivity index is 2.17. The summed E-state index contributed by atoms with van der Waals surface area (Å²) < 4.78 is 0. The maximum atomic E-state index is 11.7. The fourth-order valence-corrected chi connectivity index (χ4v) is 2.13. The zero-order chi connectivity index (χ0) is 11.5. The summed E-state index contributed by atoms with van der Waals surface area (Å²) in [6, 6.07) is 10.1. The molecule has 1 N–H and O–H groups in total. The van der Waals surface area contributed by atoms with E-state index in [0.29, 0.717) is 13.0 Å². The Kier molecular flexibility index (Phi) is 3.22. The molecule has 1 aromatic carbocycles. The molecule has 1 unspecified atom stereocenters. The highest BCUT2D eigenvalue weighted by atomic mass is 16.3. The molecule has 4 nitrogen and oxygen atoms in total. The molecule has 1 atom stereocenters. The van der Waals surface area contributed by atoms with Crippen LogP contribution in [0.1, 0.15) is 18.0 Å². The third kappa shape index (κ3) is 1.94. The van der Waals surface area contributed by atoms with Gasteiger partial charge in [0.1, 0.15) is 0 Å². The number of aliphatic hydroxyl groups excluding tert-OH is 1. The minimum absolute atomic E-state index is 0.00239. The lowest BCUT2D eigenvalue weighted by Crippen LogP contribution is -2.38. The number of aliphatic hydroxyl groups is 1. The standard InChI is InChI=1S/C12H16N2O2/c1-13-11(10-5-3-2-4-6-10)9-12(16)14(13)7-8-15/h2-6,11,15H,7-9H2,1H3. The predicted octanol–water partition coefficient (Wildman–Crippen LogP) is 0.799. The Morgan fingerprint density at radius 1 is 1.38 bits per heavy atom. The van der Waals surface area contributed by atoms with Crippen LogP contribution in [0.5, 0.6) is 0 Å². The van der Waals surface area contributed by atoms with E-state index in [-0.39, 0.29) is 18.6 Å². The van der Waals surface area contributed by atoms with Crippen LogP contribution in [0.4, 0.5) is 0 Å². The van der Waals surface area contributed by atoms with Crippen LogP contribution < -0.4 is 0 Å². The SMILES string of the molecule is CN1C(c2ccccc2)CC(=O)N1CCO.